The summed E-state index contributed by atoms with van der Waals surface area (Å²) in [6, 6.07) is 22.4. The molecule has 1 aliphatic heterocycles. The van der Waals surface area contributed by atoms with Crippen molar-refractivity contribution in [3.8, 4) is 11.1 Å². The standard InChI is InChI=1S/C30H26N4OS/c1-19-16-21(12-15-32-19)27-18-36-29-9-6-22(17-26(27)29)33-30(35)34-28-8-7-23(20-10-13-31-14-11-20)24-4-2-3-5-25(24)28/h2-11,13-14,16-19,32H,12,15H2,1H3,(H2,33,34,35). The van der Waals surface area contributed by atoms with Gasteiger partial charge in [-0.25, -0.2) is 4.79 Å². The van der Waals surface area contributed by atoms with Crippen LogP contribution < -0.4 is 16.0 Å². The van der Waals surface area contributed by atoms with Crippen molar-refractivity contribution < 1.29 is 4.79 Å². The molecule has 5 nitrogen and oxygen atoms in total. The lowest BCUT2D eigenvalue weighted by atomic mass is 9.97. The third kappa shape index (κ3) is 4.37. The zero-order valence-corrected chi connectivity index (χ0v) is 20.7. The van der Waals surface area contributed by atoms with Crippen molar-refractivity contribution in [2.45, 2.75) is 19.4 Å². The molecular weight excluding hydrogens is 464 g/mol. The molecule has 0 fully saturated rings. The lowest BCUT2D eigenvalue weighted by molar-refractivity contribution is 0.262. The number of thiophene rings is 1. The number of amides is 2. The predicted molar refractivity (Wildman–Crippen MR) is 152 cm³/mol. The molecule has 0 saturated heterocycles. The van der Waals surface area contributed by atoms with Crippen molar-refractivity contribution in [1.29, 1.82) is 0 Å². The van der Waals surface area contributed by atoms with E-state index in [2.05, 4.69) is 57.5 Å². The van der Waals surface area contributed by atoms with Gasteiger partial charge in [-0.05, 0) is 89.3 Å². The quantitative estimate of drug-likeness (QED) is 0.244. The smallest absolute Gasteiger partial charge is 0.310 e. The van der Waals surface area contributed by atoms with Crippen LogP contribution >= 0.6 is 11.3 Å². The number of aromatic nitrogens is 1. The van der Waals surface area contributed by atoms with Crippen molar-refractivity contribution in [3.63, 3.8) is 0 Å². The van der Waals surface area contributed by atoms with Gasteiger partial charge < -0.3 is 16.0 Å². The molecule has 1 unspecified atom stereocenters. The highest BCUT2D eigenvalue weighted by atomic mass is 32.1. The maximum Gasteiger partial charge on any atom is 0.323 e. The molecule has 1 aliphatic rings. The maximum atomic E-state index is 13.0. The summed E-state index contributed by atoms with van der Waals surface area (Å²) in [6.45, 7) is 3.16. The fourth-order valence-electron chi connectivity index (χ4n) is 4.93. The van der Waals surface area contributed by atoms with Crippen molar-refractivity contribution in [2.24, 2.45) is 0 Å². The van der Waals surface area contributed by atoms with Crippen molar-refractivity contribution in [2.75, 3.05) is 17.2 Å². The Balaban J connectivity index is 1.27. The van der Waals surface area contributed by atoms with Crippen LogP contribution in [0.1, 0.15) is 18.9 Å². The second-order valence-corrected chi connectivity index (χ2v) is 9.98. The Morgan fingerprint density at radius 3 is 2.61 bits per heavy atom. The molecule has 0 spiro atoms. The lowest BCUT2D eigenvalue weighted by Crippen LogP contribution is -2.29. The topological polar surface area (TPSA) is 66.0 Å². The average Bonchev–Trinajstić information content (AvgIpc) is 3.33. The number of carbonyl (C=O) groups is 1. The van der Waals surface area contributed by atoms with Crippen molar-refractivity contribution in [3.05, 3.63) is 96.1 Å². The second kappa shape index (κ2) is 9.57. The highest BCUT2D eigenvalue weighted by Crippen LogP contribution is 2.36. The van der Waals surface area contributed by atoms with Crippen molar-refractivity contribution >= 4 is 55.2 Å². The molecular formula is C30H26N4OS. The molecule has 0 aliphatic carbocycles. The SMILES string of the molecule is CC1C=C(c2csc3ccc(NC(=O)Nc4ccc(-c5ccncc5)c5ccccc45)cc23)CCN1. The summed E-state index contributed by atoms with van der Waals surface area (Å²) in [5.74, 6) is 0. The molecule has 1 atom stereocenters. The zero-order valence-electron chi connectivity index (χ0n) is 19.9. The third-order valence-corrected chi connectivity index (χ3v) is 7.62. The lowest BCUT2D eigenvalue weighted by Gasteiger charge is -2.19. The van der Waals surface area contributed by atoms with Crippen LogP contribution in [0.5, 0.6) is 0 Å². The molecule has 2 aromatic heterocycles. The van der Waals surface area contributed by atoms with Crippen LogP contribution in [0.4, 0.5) is 16.2 Å². The van der Waals surface area contributed by atoms with Gasteiger partial charge in [-0.15, -0.1) is 11.3 Å². The Kier molecular flexibility index (Phi) is 5.97. The van der Waals surface area contributed by atoms with Crippen LogP contribution in [0.25, 0.3) is 37.6 Å². The number of hydrogen-bond acceptors (Lipinski definition) is 4. The molecule has 0 bridgehead atoms. The molecule has 2 amide bonds. The van der Waals surface area contributed by atoms with E-state index in [4.69, 9.17) is 0 Å². The molecule has 5 aromatic rings. The Morgan fingerprint density at radius 2 is 1.78 bits per heavy atom. The molecule has 0 radical (unpaired) electrons. The minimum atomic E-state index is -0.261. The fourth-order valence-corrected chi connectivity index (χ4v) is 5.90. The summed E-state index contributed by atoms with van der Waals surface area (Å²) < 4.78 is 1.22. The van der Waals surface area contributed by atoms with E-state index in [0.29, 0.717) is 6.04 Å². The Morgan fingerprint density at radius 1 is 0.944 bits per heavy atom. The number of carbonyl (C=O) groups excluding carboxylic acids is 1. The second-order valence-electron chi connectivity index (χ2n) is 9.07. The number of urea groups is 1. The third-order valence-electron chi connectivity index (χ3n) is 6.65. The van der Waals surface area contributed by atoms with Crippen LogP contribution in [0.2, 0.25) is 0 Å². The fraction of sp³-hybridized carbons (Fsp3) is 0.133. The van der Waals surface area contributed by atoms with Gasteiger partial charge in [0.05, 0.1) is 5.69 Å². The summed E-state index contributed by atoms with van der Waals surface area (Å²) in [7, 11) is 0. The van der Waals surface area contributed by atoms with Crippen LogP contribution in [0, 0.1) is 0 Å². The van der Waals surface area contributed by atoms with Gasteiger partial charge in [0.15, 0.2) is 0 Å². The molecule has 3 N–H and O–H groups in total. The normalized spacial score (nSPS) is 15.6. The van der Waals surface area contributed by atoms with E-state index in [0.717, 1.165) is 46.2 Å². The van der Waals surface area contributed by atoms with Gasteiger partial charge >= 0.3 is 6.03 Å². The van der Waals surface area contributed by atoms with Gasteiger partial charge in [-0.3, -0.25) is 4.98 Å². The number of nitrogens with one attached hydrogen (secondary N) is 3. The average molecular weight is 491 g/mol. The minimum absolute atomic E-state index is 0.261. The summed E-state index contributed by atoms with van der Waals surface area (Å²) in [6.07, 6.45) is 6.90. The van der Waals surface area contributed by atoms with Crippen LogP contribution in [0.15, 0.2) is 90.6 Å². The monoisotopic (exact) mass is 490 g/mol. The van der Waals surface area contributed by atoms with Gasteiger partial charge in [-0.2, -0.15) is 0 Å². The molecule has 178 valence electrons. The number of fused-ring (bicyclic) bond motifs is 2. The van der Waals surface area contributed by atoms with E-state index < -0.39 is 0 Å². The maximum absolute atomic E-state index is 13.0. The van der Waals surface area contributed by atoms with E-state index in [1.165, 1.54) is 21.2 Å². The van der Waals surface area contributed by atoms with E-state index >= 15 is 0 Å². The molecule has 6 heteroatoms. The number of benzene rings is 3. The first-order valence-corrected chi connectivity index (χ1v) is 13.0. The molecule has 3 heterocycles. The van der Waals surface area contributed by atoms with Crippen LogP contribution in [-0.4, -0.2) is 23.6 Å². The Labute approximate surface area is 213 Å². The van der Waals surface area contributed by atoms with Gasteiger partial charge in [0.25, 0.3) is 0 Å². The first kappa shape index (κ1) is 22.5. The molecule has 0 saturated carbocycles. The highest BCUT2D eigenvalue weighted by Gasteiger charge is 2.15. The number of rotatable bonds is 4. The van der Waals surface area contributed by atoms with E-state index in [1.54, 1.807) is 23.7 Å². The Hall–Kier alpha value is -4.00. The van der Waals surface area contributed by atoms with Gasteiger partial charge in [0.2, 0.25) is 0 Å². The number of hydrogen-bond donors (Lipinski definition) is 3. The summed E-state index contributed by atoms with van der Waals surface area (Å²) >= 11 is 1.75. The number of nitrogens with zero attached hydrogens (tertiary/aromatic N) is 1. The summed E-state index contributed by atoms with van der Waals surface area (Å²) in [5.41, 5.74) is 6.39. The van der Waals surface area contributed by atoms with Gasteiger partial charge in [-0.1, -0.05) is 36.4 Å². The van der Waals surface area contributed by atoms with Gasteiger partial charge in [0.1, 0.15) is 0 Å². The zero-order chi connectivity index (χ0) is 24.5. The summed E-state index contributed by atoms with van der Waals surface area (Å²) in [4.78, 5) is 17.2. The number of pyridine rings is 1. The highest BCUT2D eigenvalue weighted by molar-refractivity contribution is 7.17. The van der Waals surface area contributed by atoms with E-state index in [-0.39, 0.29) is 6.03 Å². The molecule has 3 aromatic carbocycles. The molecule has 36 heavy (non-hydrogen) atoms. The predicted octanol–water partition coefficient (Wildman–Crippen LogP) is 7.53. The molecule has 6 rings (SSSR count). The first-order valence-electron chi connectivity index (χ1n) is 12.1. The van der Waals surface area contributed by atoms with E-state index in [1.807, 2.05) is 48.5 Å². The van der Waals surface area contributed by atoms with E-state index in [9.17, 15) is 4.79 Å². The van der Waals surface area contributed by atoms with Gasteiger partial charge in [0, 0.05) is 39.6 Å². The van der Waals surface area contributed by atoms with Crippen molar-refractivity contribution in [1.82, 2.24) is 10.3 Å². The van der Waals surface area contributed by atoms with Crippen LogP contribution in [0.3, 0.4) is 0 Å². The Bertz CT molecular complexity index is 1610. The first-order chi connectivity index (χ1) is 17.7. The summed E-state index contributed by atoms with van der Waals surface area (Å²) in [5, 5.41) is 15.0. The van der Waals surface area contributed by atoms with Crippen LogP contribution in [-0.2, 0) is 0 Å². The largest absolute Gasteiger partial charge is 0.323 e. The number of anilines is 2. The minimum Gasteiger partial charge on any atom is -0.310 e.